The van der Waals surface area contributed by atoms with Crippen LogP contribution in [0.2, 0.25) is 0 Å². The number of pyridine rings is 1. The number of nitrogen functional groups attached to an aromatic ring is 1. The van der Waals surface area contributed by atoms with E-state index in [2.05, 4.69) is 55.2 Å². The number of carbonyl (C=O) groups is 1. The Morgan fingerprint density at radius 3 is 2.62 bits per heavy atom. The molecule has 5 heteroatoms. The van der Waals surface area contributed by atoms with Crippen molar-refractivity contribution in [3.63, 3.8) is 0 Å². The smallest absolute Gasteiger partial charge is 0.251 e. The van der Waals surface area contributed by atoms with Gasteiger partial charge in [0, 0.05) is 21.7 Å². The van der Waals surface area contributed by atoms with E-state index in [1.165, 1.54) is 28.7 Å². The number of rotatable bonds is 3. The van der Waals surface area contributed by atoms with Crippen LogP contribution in [0, 0.1) is 0 Å². The summed E-state index contributed by atoms with van der Waals surface area (Å²) in [5.74, 6) is 0.414. The number of amides is 1. The van der Waals surface area contributed by atoms with Crippen LogP contribution < -0.4 is 11.5 Å². The van der Waals surface area contributed by atoms with Crippen molar-refractivity contribution in [2.24, 2.45) is 5.73 Å². The lowest BCUT2D eigenvalue weighted by Crippen LogP contribution is -2.11. The molecule has 2 heterocycles. The second-order valence-corrected chi connectivity index (χ2v) is 7.77. The lowest BCUT2D eigenvalue weighted by Gasteiger charge is -2.08. The molecule has 0 saturated carbocycles. The van der Waals surface area contributed by atoms with Gasteiger partial charge in [-0.1, -0.05) is 50.2 Å². The summed E-state index contributed by atoms with van der Waals surface area (Å²) < 4.78 is 1.86. The summed E-state index contributed by atoms with van der Waals surface area (Å²) >= 11 is 1.53. The third-order valence-corrected chi connectivity index (χ3v) is 5.86. The maximum Gasteiger partial charge on any atom is 0.251 e. The summed E-state index contributed by atoms with van der Waals surface area (Å²) in [7, 11) is 0. The third kappa shape index (κ3) is 2.61. The average molecular weight is 361 g/mol. The van der Waals surface area contributed by atoms with Gasteiger partial charge in [0.05, 0.1) is 10.3 Å². The number of carbonyl (C=O) groups excluding carboxylic acids is 1. The minimum atomic E-state index is -0.487. The molecule has 0 radical (unpaired) electrons. The van der Waals surface area contributed by atoms with Crippen molar-refractivity contribution in [3.8, 4) is 11.1 Å². The fourth-order valence-electron chi connectivity index (χ4n) is 3.23. The van der Waals surface area contributed by atoms with E-state index in [0.717, 1.165) is 25.7 Å². The van der Waals surface area contributed by atoms with Crippen LogP contribution in [0.1, 0.15) is 35.7 Å². The Balaban J connectivity index is 1.95. The molecule has 2 aromatic carbocycles. The third-order valence-electron chi connectivity index (χ3n) is 4.68. The van der Waals surface area contributed by atoms with Crippen LogP contribution >= 0.6 is 11.3 Å². The van der Waals surface area contributed by atoms with Gasteiger partial charge < -0.3 is 11.5 Å². The molecule has 0 fully saturated rings. The maximum atomic E-state index is 11.7. The van der Waals surface area contributed by atoms with Crippen molar-refractivity contribution < 1.29 is 4.79 Å². The highest BCUT2D eigenvalue weighted by Crippen LogP contribution is 2.40. The fourth-order valence-corrected chi connectivity index (χ4v) is 4.50. The number of nitrogens with two attached hydrogens (primary N) is 2. The Labute approximate surface area is 155 Å². The number of benzene rings is 2. The Hall–Kier alpha value is -2.92. The zero-order valence-electron chi connectivity index (χ0n) is 14.6. The second-order valence-electron chi connectivity index (χ2n) is 6.72. The molecular formula is C21H19N3OS. The number of anilines is 1. The van der Waals surface area contributed by atoms with Gasteiger partial charge in [-0.25, -0.2) is 4.98 Å². The van der Waals surface area contributed by atoms with E-state index in [-0.39, 0.29) is 0 Å². The van der Waals surface area contributed by atoms with Gasteiger partial charge in [-0.15, -0.1) is 11.3 Å². The van der Waals surface area contributed by atoms with Gasteiger partial charge in [-0.2, -0.15) is 0 Å². The molecule has 4 rings (SSSR count). The molecule has 0 aliphatic carbocycles. The second kappa shape index (κ2) is 6.11. The van der Waals surface area contributed by atoms with Gasteiger partial charge in [-0.3, -0.25) is 4.79 Å². The fraction of sp³-hybridized carbons (Fsp3) is 0.143. The molecule has 130 valence electrons. The number of aromatic nitrogens is 1. The molecule has 4 aromatic rings. The van der Waals surface area contributed by atoms with Crippen LogP contribution in [0.5, 0.6) is 0 Å². The Bertz CT molecular complexity index is 1160. The van der Waals surface area contributed by atoms with E-state index in [4.69, 9.17) is 11.5 Å². The summed E-state index contributed by atoms with van der Waals surface area (Å²) in [4.78, 5) is 15.9. The number of thiophene rings is 1. The van der Waals surface area contributed by atoms with Crippen molar-refractivity contribution >= 4 is 43.2 Å². The highest BCUT2D eigenvalue weighted by atomic mass is 32.1. The van der Waals surface area contributed by atoms with Crippen molar-refractivity contribution in [1.29, 1.82) is 0 Å². The topological polar surface area (TPSA) is 82.0 Å². The highest BCUT2D eigenvalue weighted by Gasteiger charge is 2.16. The number of primary amides is 1. The first-order valence-electron chi connectivity index (χ1n) is 8.46. The summed E-state index contributed by atoms with van der Waals surface area (Å²) in [6, 6.07) is 14.9. The first-order valence-corrected chi connectivity index (χ1v) is 9.28. The normalized spacial score (nSPS) is 11.5. The minimum Gasteiger partial charge on any atom is -0.383 e. The van der Waals surface area contributed by atoms with Crippen molar-refractivity contribution in [2.75, 3.05) is 5.73 Å². The summed E-state index contributed by atoms with van der Waals surface area (Å²) in [5, 5.41) is 1.81. The molecule has 2 aromatic heterocycles. The SMILES string of the molecule is CC(C)c1cccc(-c2ccc3c(c2)sc2c(C(N)=O)cnc(N)c23)c1. The molecule has 0 bridgehead atoms. The van der Waals surface area contributed by atoms with Crippen molar-refractivity contribution in [2.45, 2.75) is 19.8 Å². The molecular weight excluding hydrogens is 342 g/mol. The Kier molecular flexibility index (Phi) is 3.89. The zero-order valence-corrected chi connectivity index (χ0v) is 15.4. The van der Waals surface area contributed by atoms with Gasteiger partial charge in [0.15, 0.2) is 0 Å². The number of hydrogen-bond acceptors (Lipinski definition) is 4. The molecule has 0 atom stereocenters. The standard InChI is InChI=1S/C21H19N3OS/c1-11(2)12-4-3-5-13(8-12)14-6-7-15-17(9-14)26-19-16(21(23)25)10-24-20(22)18(15)19/h3-11H,1-2H3,(H2,22,24)(H2,23,25). The highest BCUT2D eigenvalue weighted by molar-refractivity contribution is 7.26. The number of fused-ring (bicyclic) bond motifs is 3. The largest absolute Gasteiger partial charge is 0.383 e. The molecule has 0 unspecified atom stereocenters. The van der Waals surface area contributed by atoms with Crippen LogP contribution in [0.15, 0.2) is 48.7 Å². The first-order chi connectivity index (χ1) is 12.5. The van der Waals surface area contributed by atoms with E-state index in [0.29, 0.717) is 17.3 Å². The number of hydrogen-bond donors (Lipinski definition) is 2. The van der Waals surface area contributed by atoms with Gasteiger partial charge in [0.1, 0.15) is 5.82 Å². The van der Waals surface area contributed by atoms with Gasteiger partial charge in [-0.05, 0) is 28.7 Å². The van der Waals surface area contributed by atoms with Crippen molar-refractivity contribution in [1.82, 2.24) is 4.98 Å². The molecule has 0 aliphatic rings. The van der Waals surface area contributed by atoms with Crippen LogP contribution in [0.25, 0.3) is 31.3 Å². The van der Waals surface area contributed by atoms with E-state index >= 15 is 0 Å². The Morgan fingerprint density at radius 2 is 1.88 bits per heavy atom. The molecule has 0 aliphatic heterocycles. The number of nitrogens with zero attached hydrogens (tertiary/aromatic N) is 1. The minimum absolute atomic E-state index is 0.416. The van der Waals surface area contributed by atoms with E-state index in [1.807, 2.05) is 6.07 Å². The Morgan fingerprint density at radius 1 is 1.12 bits per heavy atom. The summed E-state index contributed by atoms with van der Waals surface area (Å²) in [6.07, 6.45) is 1.46. The summed E-state index contributed by atoms with van der Waals surface area (Å²) in [6.45, 7) is 4.38. The first kappa shape index (κ1) is 16.5. The zero-order chi connectivity index (χ0) is 18.4. The van der Waals surface area contributed by atoms with Crippen molar-refractivity contribution in [3.05, 3.63) is 59.8 Å². The van der Waals surface area contributed by atoms with Gasteiger partial charge >= 0.3 is 0 Å². The van der Waals surface area contributed by atoms with E-state index in [1.54, 1.807) is 0 Å². The van der Waals surface area contributed by atoms with Crippen LogP contribution in [0.4, 0.5) is 5.82 Å². The quantitative estimate of drug-likeness (QED) is 0.543. The predicted octanol–water partition coefficient (Wildman–Crippen LogP) is 4.92. The molecule has 26 heavy (non-hydrogen) atoms. The molecule has 1 amide bonds. The molecule has 4 nitrogen and oxygen atoms in total. The molecule has 0 spiro atoms. The van der Waals surface area contributed by atoms with Crippen LogP contribution in [-0.2, 0) is 0 Å². The lowest BCUT2D eigenvalue weighted by molar-refractivity contribution is 0.100. The monoisotopic (exact) mass is 361 g/mol. The van der Waals surface area contributed by atoms with E-state index < -0.39 is 5.91 Å². The van der Waals surface area contributed by atoms with Gasteiger partial charge in [0.25, 0.3) is 5.91 Å². The van der Waals surface area contributed by atoms with E-state index in [9.17, 15) is 4.79 Å². The van der Waals surface area contributed by atoms with Crippen LogP contribution in [-0.4, -0.2) is 10.9 Å². The average Bonchev–Trinajstić information content (AvgIpc) is 3.01. The lowest BCUT2D eigenvalue weighted by atomic mass is 9.97. The van der Waals surface area contributed by atoms with Gasteiger partial charge in [0.2, 0.25) is 0 Å². The molecule has 4 N–H and O–H groups in total. The maximum absolute atomic E-state index is 11.7. The molecule has 0 saturated heterocycles. The summed E-state index contributed by atoms with van der Waals surface area (Å²) in [5.41, 5.74) is 15.6. The predicted molar refractivity (Wildman–Crippen MR) is 110 cm³/mol. The van der Waals surface area contributed by atoms with Crippen LogP contribution in [0.3, 0.4) is 0 Å².